The smallest absolute Gasteiger partial charge is 0.395 e. The molecule has 2 aromatic rings. The fourth-order valence-electron chi connectivity index (χ4n) is 3.53. The Kier molecular flexibility index (Phi) is 5.79. The van der Waals surface area contributed by atoms with E-state index in [0.29, 0.717) is 37.4 Å². The summed E-state index contributed by atoms with van der Waals surface area (Å²) in [6.07, 6.45) is -0.837. The van der Waals surface area contributed by atoms with Gasteiger partial charge in [0.2, 0.25) is 5.91 Å². The summed E-state index contributed by atoms with van der Waals surface area (Å²) in [5, 5.41) is 10.1. The van der Waals surface area contributed by atoms with Crippen LogP contribution in [0.1, 0.15) is 35.6 Å². The normalized spacial score (nSPS) is 17.5. The molecule has 1 aromatic heterocycles. The highest BCUT2D eigenvalue weighted by molar-refractivity contribution is 5.94. The minimum Gasteiger partial charge on any atom is -0.395 e. The van der Waals surface area contributed by atoms with Crippen LogP contribution < -0.4 is 9.47 Å². The molecule has 2 aliphatic rings. The largest absolute Gasteiger partial charge is 0.586 e. The first-order chi connectivity index (χ1) is 15.5. The average Bonchev–Trinajstić information content (AvgIpc) is 3.09. The van der Waals surface area contributed by atoms with Gasteiger partial charge in [-0.05, 0) is 49.8 Å². The van der Waals surface area contributed by atoms with Crippen LogP contribution in [0.4, 0.5) is 8.78 Å². The molecule has 3 heterocycles. The first-order valence-electron chi connectivity index (χ1n) is 10.4. The molecule has 0 radical (unpaired) electrons. The van der Waals surface area contributed by atoms with E-state index >= 15 is 0 Å². The molecule has 0 unspecified atom stereocenters. The van der Waals surface area contributed by atoms with Crippen LogP contribution in [0.25, 0.3) is 6.08 Å². The zero-order valence-electron chi connectivity index (χ0n) is 18.1. The van der Waals surface area contributed by atoms with Crippen molar-refractivity contribution >= 4 is 17.9 Å². The Morgan fingerprint density at radius 3 is 2.42 bits per heavy atom. The van der Waals surface area contributed by atoms with E-state index in [9.17, 15) is 23.5 Å². The van der Waals surface area contributed by atoms with Crippen LogP contribution in [0.2, 0.25) is 0 Å². The van der Waals surface area contributed by atoms with E-state index in [1.165, 1.54) is 24.3 Å². The molecule has 1 N–H and O–H groups in total. The lowest BCUT2D eigenvalue weighted by atomic mass is 10.0. The third kappa shape index (κ3) is 5.11. The lowest BCUT2D eigenvalue weighted by Gasteiger charge is -2.34. The number of ether oxygens (including phenoxy) is 2. The molecular weight excluding hydrogens is 436 g/mol. The van der Waals surface area contributed by atoms with Gasteiger partial charge in [-0.15, -0.1) is 8.78 Å². The molecule has 0 atom stereocenters. The maximum atomic E-state index is 13.1. The number of hydrogen-bond acceptors (Lipinski definition) is 6. The van der Waals surface area contributed by atoms with Gasteiger partial charge in [0.1, 0.15) is 11.3 Å². The monoisotopic (exact) mass is 459 g/mol. The number of piperazine rings is 1. The average molecular weight is 459 g/mol. The summed E-state index contributed by atoms with van der Waals surface area (Å²) in [5.74, 6) is -0.677. The molecule has 174 valence electrons. The highest BCUT2D eigenvalue weighted by atomic mass is 19.3. The Bertz CT molecular complexity index is 1110. The van der Waals surface area contributed by atoms with Gasteiger partial charge in [0.15, 0.2) is 11.5 Å². The minimum atomic E-state index is -3.69. The van der Waals surface area contributed by atoms with Crippen molar-refractivity contribution in [2.75, 3.05) is 26.2 Å². The van der Waals surface area contributed by atoms with Crippen LogP contribution in [0.15, 0.2) is 42.5 Å². The number of amides is 2. The number of aliphatic hydroxyl groups is 1. The summed E-state index contributed by atoms with van der Waals surface area (Å²) < 4.78 is 35.0. The molecule has 33 heavy (non-hydrogen) atoms. The molecule has 1 aromatic carbocycles. The zero-order chi connectivity index (χ0) is 23.8. The van der Waals surface area contributed by atoms with Gasteiger partial charge in [0.25, 0.3) is 5.91 Å². The molecule has 8 nitrogen and oxygen atoms in total. The maximum absolute atomic E-state index is 13.1. The molecular formula is C23H23F2N3O5. The number of benzene rings is 1. The van der Waals surface area contributed by atoms with Crippen molar-refractivity contribution in [2.24, 2.45) is 0 Å². The molecule has 0 saturated carbocycles. The first kappa shape index (κ1) is 22.7. The van der Waals surface area contributed by atoms with Crippen LogP contribution in [-0.2, 0) is 10.4 Å². The number of rotatable bonds is 4. The Hall–Kier alpha value is -3.53. The number of halogens is 2. The zero-order valence-corrected chi connectivity index (χ0v) is 18.1. The fraction of sp³-hybridized carbons (Fsp3) is 0.348. The summed E-state index contributed by atoms with van der Waals surface area (Å²) in [5.41, 5.74) is -0.00994. The van der Waals surface area contributed by atoms with Crippen molar-refractivity contribution in [3.05, 3.63) is 59.4 Å². The topological polar surface area (TPSA) is 92.2 Å². The van der Waals surface area contributed by atoms with E-state index in [0.717, 1.165) is 0 Å². The SMILES string of the molecule is CC(C)(O)c1cccc(C(=O)N2CCN(C(=O)/C=C/c3ccc4c(c3)OC(F)(F)O4)CC2)n1. The lowest BCUT2D eigenvalue weighted by molar-refractivity contribution is -0.286. The highest BCUT2D eigenvalue weighted by Crippen LogP contribution is 2.41. The van der Waals surface area contributed by atoms with Crippen LogP contribution in [0.3, 0.4) is 0 Å². The molecule has 0 aliphatic carbocycles. The van der Waals surface area contributed by atoms with Crippen LogP contribution in [-0.4, -0.2) is 64.2 Å². The summed E-state index contributed by atoms with van der Waals surface area (Å²) in [6, 6.07) is 9.19. The van der Waals surface area contributed by atoms with Crippen LogP contribution >= 0.6 is 0 Å². The Labute approximate surface area is 189 Å². The van der Waals surface area contributed by atoms with Gasteiger partial charge < -0.3 is 24.4 Å². The first-order valence-corrected chi connectivity index (χ1v) is 10.4. The second-order valence-corrected chi connectivity index (χ2v) is 8.29. The van der Waals surface area contributed by atoms with Crippen LogP contribution in [0.5, 0.6) is 11.5 Å². The molecule has 0 spiro atoms. The van der Waals surface area contributed by atoms with E-state index in [2.05, 4.69) is 14.5 Å². The molecule has 4 rings (SSSR count). The van der Waals surface area contributed by atoms with Crippen molar-refractivity contribution in [1.82, 2.24) is 14.8 Å². The van der Waals surface area contributed by atoms with Crippen molar-refractivity contribution in [2.45, 2.75) is 25.7 Å². The second kappa shape index (κ2) is 8.43. The van der Waals surface area contributed by atoms with Crippen molar-refractivity contribution in [3.8, 4) is 11.5 Å². The number of aromatic nitrogens is 1. The number of alkyl halides is 2. The van der Waals surface area contributed by atoms with Crippen molar-refractivity contribution in [1.29, 1.82) is 0 Å². The summed E-state index contributed by atoms with van der Waals surface area (Å²) >= 11 is 0. The highest BCUT2D eigenvalue weighted by Gasteiger charge is 2.43. The van der Waals surface area contributed by atoms with E-state index in [1.807, 2.05) is 0 Å². The number of fused-ring (bicyclic) bond motifs is 1. The molecule has 1 fully saturated rings. The summed E-state index contributed by atoms with van der Waals surface area (Å²) in [6.45, 7) is 4.56. The van der Waals surface area contributed by atoms with Gasteiger partial charge in [-0.3, -0.25) is 9.59 Å². The Morgan fingerprint density at radius 1 is 1.06 bits per heavy atom. The predicted octanol–water partition coefficient (Wildman–Crippen LogP) is 2.63. The summed E-state index contributed by atoms with van der Waals surface area (Å²) in [4.78, 5) is 32.8. The Balaban J connectivity index is 1.34. The predicted molar refractivity (Wildman–Crippen MR) is 114 cm³/mol. The number of carbonyl (C=O) groups excluding carboxylic acids is 2. The molecule has 2 amide bonds. The number of pyridine rings is 1. The van der Waals surface area contributed by atoms with Gasteiger partial charge in [0, 0.05) is 32.3 Å². The van der Waals surface area contributed by atoms with E-state index < -0.39 is 11.9 Å². The quantitative estimate of drug-likeness (QED) is 0.707. The molecule has 10 heteroatoms. The third-order valence-corrected chi connectivity index (χ3v) is 5.32. The number of nitrogens with zero attached hydrogens (tertiary/aromatic N) is 3. The summed E-state index contributed by atoms with van der Waals surface area (Å²) in [7, 11) is 0. The van der Waals surface area contributed by atoms with E-state index in [1.54, 1.807) is 47.9 Å². The number of hydrogen-bond donors (Lipinski definition) is 1. The molecule has 1 saturated heterocycles. The standard InChI is InChI=1S/C23H23F2N3O5/c1-22(2,31)19-5-3-4-16(26-19)21(30)28-12-10-27(11-13-28)20(29)9-7-15-6-8-17-18(14-15)33-23(24,25)32-17/h3-9,14,31H,10-13H2,1-2H3/b9-7+. The van der Waals surface area contributed by atoms with Gasteiger partial charge in [-0.25, -0.2) is 4.98 Å². The van der Waals surface area contributed by atoms with Gasteiger partial charge in [0.05, 0.1) is 5.69 Å². The minimum absolute atomic E-state index is 0.0631. The molecule has 0 bridgehead atoms. The lowest BCUT2D eigenvalue weighted by Crippen LogP contribution is -2.50. The second-order valence-electron chi connectivity index (χ2n) is 8.29. The molecule has 2 aliphatic heterocycles. The van der Waals surface area contributed by atoms with Gasteiger partial charge in [-0.2, -0.15) is 0 Å². The van der Waals surface area contributed by atoms with Gasteiger partial charge in [-0.1, -0.05) is 12.1 Å². The van der Waals surface area contributed by atoms with E-state index in [4.69, 9.17) is 0 Å². The fourth-order valence-corrected chi connectivity index (χ4v) is 3.53. The Morgan fingerprint density at radius 2 is 1.73 bits per heavy atom. The van der Waals surface area contributed by atoms with Crippen molar-refractivity contribution < 1.29 is 33.0 Å². The van der Waals surface area contributed by atoms with E-state index in [-0.39, 0.29) is 29.0 Å². The number of carbonyl (C=O) groups is 2. The van der Waals surface area contributed by atoms with Gasteiger partial charge >= 0.3 is 6.29 Å². The maximum Gasteiger partial charge on any atom is 0.586 e. The third-order valence-electron chi connectivity index (χ3n) is 5.32. The van der Waals surface area contributed by atoms with Crippen molar-refractivity contribution in [3.63, 3.8) is 0 Å². The van der Waals surface area contributed by atoms with Crippen LogP contribution in [0, 0.1) is 0 Å².